The number of nitrogens with zero attached hydrogens (tertiary/aromatic N) is 6. The van der Waals surface area contributed by atoms with Crippen LogP contribution in [0.1, 0.15) is 16.2 Å². The van der Waals surface area contributed by atoms with Gasteiger partial charge in [-0.05, 0) is 36.4 Å². The first-order valence-electron chi connectivity index (χ1n) is 9.83. The Morgan fingerprint density at radius 1 is 1.06 bits per heavy atom. The smallest absolute Gasteiger partial charge is 0.362 e. The number of carbonyl (C=O) groups is 1. The van der Waals surface area contributed by atoms with Gasteiger partial charge < -0.3 is 9.80 Å². The van der Waals surface area contributed by atoms with Gasteiger partial charge in [0.1, 0.15) is 11.5 Å². The van der Waals surface area contributed by atoms with Gasteiger partial charge in [-0.25, -0.2) is 9.07 Å². The number of piperazine rings is 1. The van der Waals surface area contributed by atoms with Crippen molar-refractivity contribution in [3.05, 3.63) is 74.8 Å². The molecule has 0 saturated carbocycles. The zero-order valence-electron chi connectivity index (χ0n) is 17.2. The Balaban J connectivity index is 1.57. The first kappa shape index (κ1) is 23.4. The van der Waals surface area contributed by atoms with E-state index < -0.39 is 34.2 Å². The lowest BCUT2D eigenvalue weighted by atomic mass is 10.2. The molecular weight excluding hydrogens is 484 g/mol. The van der Waals surface area contributed by atoms with Crippen LogP contribution < -0.4 is 4.90 Å². The van der Waals surface area contributed by atoms with Gasteiger partial charge >= 0.3 is 6.18 Å². The number of benzene rings is 2. The number of amides is 1. The second-order valence-electron chi connectivity index (χ2n) is 7.34. The molecule has 1 aromatic heterocycles. The minimum absolute atomic E-state index is 0.000675. The Labute approximate surface area is 194 Å². The molecule has 0 radical (unpaired) electrons. The van der Waals surface area contributed by atoms with Gasteiger partial charge in [-0.1, -0.05) is 16.8 Å². The van der Waals surface area contributed by atoms with Gasteiger partial charge in [-0.2, -0.15) is 13.2 Å². The maximum Gasteiger partial charge on any atom is 0.435 e. The van der Waals surface area contributed by atoms with Crippen molar-refractivity contribution in [1.82, 2.24) is 19.9 Å². The van der Waals surface area contributed by atoms with Gasteiger partial charge in [0.2, 0.25) is 0 Å². The lowest BCUT2D eigenvalue weighted by Gasteiger charge is -2.35. The van der Waals surface area contributed by atoms with Gasteiger partial charge in [-0.15, -0.1) is 5.10 Å². The third-order valence-corrected chi connectivity index (χ3v) is 5.49. The highest BCUT2D eigenvalue weighted by molar-refractivity contribution is 6.30. The van der Waals surface area contributed by atoms with Crippen molar-refractivity contribution in [3.63, 3.8) is 0 Å². The van der Waals surface area contributed by atoms with Gasteiger partial charge in [0.05, 0.1) is 10.6 Å². The highest BCUT2D eigenvalue weighted by Gasteiger charge is 2.43. The largest absolute Gasteiger partial charge is 0.435 e. The van der Waals surface area contributed by atoms with E-state index in [1.807, 2.05) is 0 Å². The van der Waals surface area contributed by atoms with E-state index in [0.717, 1.165) is 24.3 Å². The van der Waals surface area contributed by atoms with Gasteiger partial charge in [-0.3, -0.25) is 14.9 Å². The van der Waals surface area contributed by atoms with Crippen LogP contribution in [0.2, 0.25) is 5.02 Å². The number of carbonyl (C=O) groups excluding carboxylic acids is 1. The number of rotatable bonds is 4. The molecule has 1 amide bonds. The van der Waals surface area contributed by atoms with Gasteiger partial charge in [0, 0.05) is 37.3 Å². The first-order valence-corrected chi connectivity index (χ1v) is 10.2. The molecular formula is C20H15ClF4N6O3. The molecule has 1 aliphatic rings. The van der Waals surface area contributed by atoms with Crippen molar-refractivity contribution in [3.8, 4) is 5.69 Å². The molecule has 0 unspecified atom stereocenters. The molecule has 0 N–H and O–H groups in total. The maximum absolute atomic E-state index is 13.8. The fourth-order valence-corrected chi connectivity index (χ4v) is 3.82. The van der Waals surface area contributed by atoms with E-state index in [1.165, 1.54) is 23.1 Å². The summed E-state index contributed by atoms with van der Waals surface area (Å²) in [7, 11) is 0. The van der Waals surface area contributed by atoms with Crippen LogP contribution in [-0.2, 0) is 6.18 Å². The lowest BCUT2D eigenvalue weighted by Crippen LogP contribution is -2.49. The second-order valence-corrected chi connectivity index (χ2v) is 7.78. The monoisotopic (exact) mass is 498 g/mol. The average Bonchev–Trinajstić information content (AvgIpc) is 3.25. The van der Waals surface area contributed by atoms with Crippen LogP contribution in [-0.4, -0.2) is 56.9 Å². The normalized spacial score (nSPS) is 14.4. The second kappa shape index (κ2) is 8.89. The van der Waals surface area contributed by atoms with Crippen molar-refractivity contribution in [1.29, 1.82) is 0 Å². The predicted molar refractivity (Wildman–Crippen MR) is 113 cm³/mol. The molecule has 2 aromatic carbocycles. The van der Waals surface area contributed by atoms with Crippen LogP contribution in [0.3, 0.4) is 0 Å². The summed E-state index contributed by atoms with van der Waals surface area (Å²) >= 11 is 5.84. The summed E-state index contributed by atoms with van der Waals surface area (Å²) in [4.78, 5) is 26.5. The molecule has 1 saturated heterocycles. The van der Waals surface area contributed by atoms with Gasteiger partial charge in [0.25, 0.3) is 11.6 Å². The number of aromatic nitrogens is 3. The van der Waals surface area contributed by atoms with E-state index in [2.05, 4.69) is 10.3 Å². The molecule has 4 rings (SSSR count). The van der Waals surface area contributed by atoms with Crippen LogP contribution in [0.5, 0.6) is 0 Å². The molecule has 9 nitrogen and oxygen atoms in total. The Morgan fingerprint density at radius 2 is 1.71 bits per heavy atom. The lowest BCUT2D eigenvalue weighted by molar-refractivity contribution is -0.384. The van der Waals surface area contributed by atoms with Crippen molar-refractivity contribution in [2.45, 2.75) is 6.18 Å². The molecule has 0 spiro atoms. The fraction of sp³-hybridized carbons (Fsp3) is 0.250. The third-order valence-electron chi connectivity index (χ3n) is 5.25. The van der Waals surface area contributed by atoms with E-state index in [-0.39, 0.29) is 42.6 Å². The van der Waals surface area contributed by atoms with E-state index in [0.29, 0.717) is 10.4 Å². The number of hydrogen-bond donors (Lipinski definition) is 0. The summed E-state index contributed by atoms with van der Waals surface area (Å²) in [5.74, 6) is -1.63. The summed E-state index contributed by atoms with van der Waals surface area (Å²) in [6.45, 7) is 0.280. The van der Waals surface area contributed by atoms with Crippen LogP contribution in [0, 0.1) is 15.9 Å². The van der Waals surface area contributed by atoms with Crippen LogP contribution in [0.25, 0.3) is 5.69 Å². The highest BCUT2D eigenvalue weighted by atomic mass is 35.5. The summed E-state index contributed by atoms with van der Waals surface area (Å²) in [6.07, 6.45) is -4.96. The molecule has 0 bridgehead atoms. The third kappa shape index (κ3) is 4.51. The Bertz CT molecular complexity index is 1240. The van der Waals surface area contributed by atoms with E-state index in [1.54, 1.807) is 4.90 Å². The standard InChI is InChI=1S/C20H15ClF4N6O3/c21-12-1-6-15(16(11-12)31(33)34)28-7-9-29(10-8-28)19(32)17-18(20(23,24)25)30(27-26-17)14-4-2-13(22)3-5-14/h1-6,11H,7-10H2. The predicted octanol–water partition coefficient (Wildman–Crippen LogP) is 3.95. The minimum atomic E-state index is -4.96. The summed E-state index contributed by atoms with van der Waals surface area (Å²) in [6, 6.07) is 8.29. The Morgan fingerprint density at radius 3 is 2.29 bits per heavy atom. The average molecular weight is 499 g/mol. The molecule has 178 valence electrons. The summed E-state index contributed by atoms with van der Waals surface area (Å²) in [5.41, 5.74) is -2.30. The summed E-state index contributed by atoms with van der Waals surface area (Å²) < 4.78 is 55.2. The zero-order chi connectivity index (χ0) is 24.6. The number of hydrogen-bond acceptors (Lipinski definition) is 6. The molecule has 2 heterocycles. The number of nitro groups is 1. The number of halogens is 5. The van der Waals surface area contributed by atoms with Gasteiger partial charge in [0.15, 0.2) is 11.4 Å². The van der Waals surface area contributed by atoms with E-state index >= 15 is 0 Å². The van der Waals surface area contributed by atoms with Crippen molar-refractivity contribution in [2.24, 2.45) is 0 Å². The first-order chi connectivity index (χ1) is 16.1. The van der Waals surface area contributed by atoms with E-state index in [9.17, 15) is 32.5 Å². The Hall–Kier alpha value is -3.74. The maximum atomic E-state index is 13.8. The molecule has 0 aliphatic carbocycles. The van der Waals surface area contributed by atoms with Crippen LogP contribution in [0.15, 0.2) is 42.5 Å². The number of nitro benzene ring substituents is 1. The Kier molecular flexibility index (Phi) is 6.13. The molecule has 1 fully saturated rings. The molecule has 1 aliphatic heterocycles. The van der Waals surface area contributed by atoms with E-state index in [4.69, 9.17) is 11.6 Å². The quantitative estimate of drug-likeness (QED) is 0.307. The number of alkyl halides is 3. The number of anilines is 1. The fourth-order valence-electron chi connectivity index (χ4n) is 3.65. The zero-order valence-corrected chi connectivity index (χ0v) is 17.9. The summed E-state index contributed by atoms with van der Waals surface area (Å²) in [5, 5.41) is 18.5. The highest BCUT2D eigenvalue weighted by Crippen LogP contribution is 2.34. The van der Waals surface area contributed by atoms with Crippen molar-refractivity contribution >= 4 is 28.9 Å². The SMILES string of the molecule is O=C(c1nnn(-c2ccc(F)cc2)c1C(F)(F)F)N1CCN(c2ccc(Cl)cc2[N+](=O)[O-])CC1. The minimum Gasteiger partial charge on any atom is -0.362 e. The topological polar surface area (TPSA) is 97.4 Å². The molecule has 0 atom stereocenters. The van der Waals surface area contributed by atoms with Crippen LogP contribution >= 0.6 is 11.6 Å². The van der Waals surface area contributed by atoms with Crippen molar-refractivity contribution in [2.75, 3.05) is 31.1 Å². The molecule has 3 aromatic rings. The molecule has 14 heteroatoms. The van der Waals surface area contributed by atoms with Crippen molar-refractivity contribution < 1.29 is 27.3 Å². The molecule has 34 heavy (non-hydrogen) atoms. The van der Waals surface area contributed by atoms with Crippen LogP contribution in [0.4, 0.5) is 28.9 Å².